The van der Waals surface area contributed by atoms with Crippen molar-refractivity contribution in [2.75, 3.05) is 32.7 Å². The number of rotatable bonds is 5. The van der Waals surface area contributed by atoms with Crippen LogP contribution >= 0.6 is 0 Å². The van der Waals surface area contributed by atoms with Crippen LogP contribution < -0.4 is 0 Å². The SMILES string of the molecule is CC[C@H](O)CN1CCN(C(=O)[C@@H]2C[C@H]2c2cnn(C)c2)CC1. The molecular weight excluding hydrogens is 280 g/mol. The van der Waals surface area contributed by atoms with Gasteiger partial charge in [-0.15, -0.1) is 0 Å². The number of aliphatic hydroxyl groups excluding tert-OH is 1. The van der Waals surface area contributed by atoms with Crippen LogP contribution in [0.25, 0.3) is 0 Å². The first-order valence-electron chi connectivity index (χ1n) is 8.26. The molecule has 22 heavy (non-hydrogen) atoms. The van der Waals surface area contributed by atoms with Crippen molar-refractivity contribution < 1.29 is 9.90 Å². The fourth-order valence-corrected chi connectivity index (χ4v) is 3.28. The fourth-order valence-electron chi connectivity index (χ4n) is 3.28. The van der Waals surface area contributed by atoms with Gasteiger partial charge in [-0.25, -0.2) is 0 Å². The zero-order valence-corrected chi connectivity index (χ0v) is 13.5. The van der Waals surface area contributed by atoms with Crippen LogP contribution in [-0.2, 0) is 11.8 Å². The van der Waals surface area contributed by atoms with Gasteiger partial charge < -0.3 is 10.0 Å². The van der Waals surface area contributed by atoms with E-state index in [1.54, 1.807) is 4.68 Å². The predicted molar refractivity (Wildman–Crippen MR) is 83.4 cm³/mol. The van der Waals surface area contributed by atoms with Crippen molar-refractivity contribution >= 4 is 5.91 Å². The number of hydrogen-bond acceptors (Lipinski definition) is 4. The molecule has 1 aliphatic heterocycles. The van der Waals surface area contributed by atoms with Crippen molar-refractivity contribution in [2.24, 2.45) is 13.0 Å². The van der Waals surface area contributed by atoms with Crippen LogP contribution in [0.1, 0.15) is 31.2 Å². The summed E-state index contributed by atoms with van der Waals surface area (Å²) in [6, 6.07) is 0. The largest absolute Gasteiger partial charge is 0.392 e. The minimum atomic E-state index is -0.249. The maximum atomic E-state index is 12.6. The molecule has 0 unspecified atom stereocenters. The number of β-amino-alcohol motifs (C(OH)–C–C–N with tert-alkyl or cyclic N) is 1. The summed E-state index contributed by atoms with van der Waals surface area (Å²) in [5.74, 6) is 0.808. The standard InChI is InChI=1S/C16H26N4O2/c1-3-13(21)11-19-4-6-20(7-5-19)16(22)15-8-14(15)12-9-17-18(2)10-12/h9-10,13-15,21H,3-8,11H2,1-2H3/t13-,14-,15+/m0/s1. The monoisotopic (exact) mass is 306 g/mol. The molecular formula is C16H26N4O2. The van der Waals surface area contributed by atoms with Crippen LogP contribution in [0.15, 0.2) is 12.4 Å². The molecule has 122 valence electrons. The molecule has 1 aromatic heterocycles. The van der Waals surface area contributed by atoms with Crippen LogP contribution in [0.3, 0.4) is 0 Å². The van der Waals surface area contributed by atoms with Gasteiger partial charge in [0.15, 0.2) is 0 Å². The number of aromatic nitrogens is 2. The highest BCUT2D eigenvalue weighted by Gasteiger charge is 2.46. The molecule has 0 radical (unpaired) electrons. The van der Waals surface area contributed by atoms with E-state index in [-0.39, 0.29) is 12.0 Å². The Labute approximate surface area is 131 Å². The Morgan fingerprint density at radius 1 is 1.41 bits per heavy atom. The topological polar surface area (TPSA) is 61.6 Å². The summed E-state index contributed by atoms with van der Waals surface area (Å²) < 4.78 is 1.80. The van der Waals surface area contributed by atoms with Gasteiger partial charge in [-0.3, -0.25) is 14.4 Å². The average molecular weight is 306 g/mol. The number of aryl methyl sites for hydroxylation is 1. The Morgan fingerprint density at radius 3 is 2.73 bits per heavy atom. The van der Waals surface area contributed by atoms with E-state index in [4.69, 9.17) is 0 Å². The number of carbonyl (C=O) groups excluding carboxylic acids is 1. The van der Waals surface area contributed by atoms with E-state index in [2.05, 4.69) is 10.00 Å². The Bertz CT molecular complexity index is 522. The summed E-state index contributed by atoms with van der Waals surface area (Å²) >= 11 is 0. The first kappa shape index (κ1) is 15.5. The van der Waals surface area contributed by atoms with E-state index in [9.17, 15) is 9.90 Å². The van der Waals surface area contributed by atoms with Crippen molar-refractivity contribution in [3.63, 3.8) is 0 Å². The fraction of sp³-hybridized carbons (Fsp3) is 0.750. The van der Waals surface area contributed by atoms with Gasteiger partial charge in [0.2, 0.25) is 5.91 Å². The van der Waals surface area contributed by atoms with Gasteiger partial charge in [0.05, 0.1) is 12.3 Å². The lowest BCUT2D eigenvalue weighted by atomic mass is 10.1. The minimum absolute atomic E-state index is 0.150. The van der Waals surface area contributed by atoms with Crippen molar-refractivity contribution in [1.82, 2.24) is 19.6 Å². The summed E-state index contributed by atoms with van der Waals surface area (Å²) in [5, 5.41) is 13.9. The van der Waals surface area contributed by atoms with E-state index in [0.29, 0.717) is 11.8 Å². The summed E-state index contributed by atoms with van der Waals surface area (Å²) in [6.07, 6.45) is 5.39. The lowest BCUT2D eigenvalue weighted by Gasteiger charge is -2.35. The number of piperazine rings is 1. The minimum Gasteiger partial charge on any atom is -0.392 e. The third-order valence-corrected chi connectivity index (χ3v) is 4.88. The number of carbonyl (C=O) groups is 1. The molecule has 1 aromatic rings. The molecule has 0 aromatic carbocycles. The van der Waals surface area contributed by atoms with Crippen LogP contribution in [0.4, 0.5) is 0 Å². The van der Waals surface area contributed by atoms with Gasteiger partial charge in [0.25, 0.3) is 0 Å². The van der Waals surface area contributed by atoms with Gasteiger partial charge in [-0.1, -0.05) is 6.92 Å². The van der Waals surface area contributed by atoms with Gasteiger partial charge in [0.1, 0.15) is 0 Å². The molecule has 1 saturated heterocycles. The highest BCUT2D eigenvalue weighted by Crippen LogP contribution is 2.48. The molecule has 3 atom stereocenters. The maximum Gasteiger partial charge on any atom is 0.226 e. The van der Waals surface area contributed by atoms with Gasteiger partial charge in [0, 0.05) is 51.9 Å². The second-order valence-electron chi connectivity index (χ2n) is 6.58. The second-order valence-corrected chi connectivity index (χ2v) is 6.58. The molecule has 2 aliphatic rings. The molecule has 6 heteroatoms. The molecule has 3 rings (SSSR count). The first-order chi connectivity index (χ1) is 10.6. The Balaban J connectivity index is 1.47. The molecule has 1 amide bonds. The van der Waals surface area contributed by atoms with Crippen molar-refractivity contribution in [3.05, 3.63) is 18.0 Å². The maximum absolute atomic E-state index is 12.6. The number of aliphatic hydroxyl groups is 1. The van der Waals surface area contributed by atoms with E-state index < -0.39 is 0 Å². The van der Waals surface area contributed by atoms with E-state index in [0.717, 1.165) is 45.6 Å². The van der Waals surface area contributed by atoms with Crippen LogP contribution in [0.2, 0.25) is 0 Å². The van der Waals surface area contributed by atoms with Crippen LogP contribution in [0.5, 0.6) is 0 Å². The lowest BCUT2D eigenvalue weighted by Crippen LogP contribution is -2.50. The number of hydrogen-bond donors (Lipinski definition) is 1. The summed E-state index contributed by atoms with van der Waals surface area (Å²) in [6.45, 7) is 6.02. The number of amides is 1. The zero-order chi connectivity index (χ0) is 15.7. The predicted octanol–water partition coefficient (Wildman–Crippen LogP) is 0.439. The summed E-state index contributed by atoms with van der Waals surface area (Å²) in [4.78, 5) is 16.8. The summed E-state index contributed by atoms with van der Waals surface area (Å²) in [5.41, 5.74) is 1.19. The molecule has 2 heterocycles. The molecule has 6 nitrogen and oxygen atoms in total. The Kier molecular flexibility index (Phi) is 4.49. The normalized spacial score (nSPS) is 27.0. The van der Waals surface area contributed by atoms with Crippen LogP contribution in [0, 0.1) is 5.92 Å². The third-order valence-electron chi connectivity index (χ3n) is 4.88. The van der Waals surface area contributed by atoms with Crippen molar-refractivity contribution in [3.8, 4) is 0 Å². The third kappa shape index (κ3) is 3.33. The molecule has 0 bridgehead atoms. The highest BCUT2D eigenvalue weighted by atomic mass is 16.3. The molecule has 2 fully saturated rings. The van der Waals surface area contributed by atoms with E-state index in [1.807, 2.05) is 31.3 Å². The molecule has 1 saturated carbocycles. The average Bonchev–Trinajstić information content (AvgIpc) is 3.21. The van der Waals surface area contributed by atoms with Gasteiger partial charge >= 0.3 is 0 Å². The first-order valence-corrected chi connectivity index (χ1v) is 8.26. The summed E-state index contributed by atoms with van der Waals surface area (Å²) in [7, 11) is 1.91. The second kappa shape index (κ2) is 6.38. The zero-order valence-electron chi connectivity index (χ0n) is 13.5. The smallest absolute Gasteiger partial charge is 0.226 e. The van der Waals surface area contributed by atoms with Crippen molar-refractivity contribution in [2.45, 2.75) is 31.8 Å². The quantitative estimate of drug-likeness (QED) is 0.857. The van der Waals surface area contributed by atoms with E-state index >= 15 is 0 Å². The molecule has 0 spiro atoms. The lowest BCUT2D eigenvalue weighted by molar-refractivity contribution is -0.134. The van der Waals surface area contributed by atoms with Crippen molar-refractivity contribution in [1.29, 1.82) is 0 Å². The Hall–Kier alpha value is -1.40. The van der Waals surface area contributed by atoms with E-state index in [1.165, 1.54) is 5.56 Å². The molecule has 1 aliphatic carbocycles. The highest BCUT2D eigenvalue weighted by molar-refractivity contribution is 5.83. The van der Waals surface area contributed by atoms with Gasteiger partial charge in [-0.2, -0.15) is 5.10 Å². The molecule has 1 N–H and O–H groups in total. The Morgan fingerprint density at radius 2 is 2.14 bits per heavy atom. The van der Waals surface area contributed by atoms with Crippen LogP contribution in [-0.4, -0.2) is 69.4 Å². The number of nitrogens with zero attached hydrogens (tertiary/aromatic N) is 4. The van der Waals surface area contributed by atoms with Gasteiger partial charge in [-0.05, 0) is 24.3 Å².